The number of nitrogens with zero attached hydrogens (tertiary/aromatic N) is 1. The molecule has 22 heavy (non-hydrogen) atoms. The first-order valence-electron chi connectivity index (χ1n) is 8.26. The summed E-state index contributed by atoms with van der Waals surface area (Å²) in [6, 6.07) is 7.40. The summed E-state index contributed by atoms with van der Waals surface area (Å²) in [7, 11) is 0. The van der Waals surface area contributed by atoms with E-state index in [1.54, 1.807) is 0 Å². The van der Waals surface area contributed by atoms with Gasteiger partial charge in [0.15, 0.2) is 0 Å². The maximum absolute atomic E-state index is 12.0. The van der Waals surface area contributed by atoms with Gasteiger partial charge in [-0.3, -0.25) is 0 Å². The number of hydrogen-bond acceptors (Lipinski definition) is 3. The second kappa shape index (κ2) is 7.11. The van der Waals surface area contributed by atoms with Crippen LogP contribution in [0.25, 0.3) is 0 Å². The van der Waals surface area contributed by atoms with Crippen LogP contribution in [0.5, 0.6) is 0 Å². The van der Waals surface area contributed by atoms with E-state index < -0.39 is 6.10 Å². The highest BCUT2D eigenvalue weighted by atomic mass is 16.3. The fraction of sp³-hybridized carbons (Fsp3) is 0.588. The van der Waals surface area contributed by atoms with Gasteiger partial charge >= 0.3 is 6.03 Å². The minimum Gasteiger partial charge on any atom is -0.390 e. The van der Waals surface area contributed by atoms with Gasteiger partial charge in [-0.25, -0.2) is 4.79 Å². The molecule has 3 rings (SSSR count). The molecule has 1 aliphatic heterocycles. The van der Waals surface area contributed by atoms with Crippen LogP contribution in [0.4, 0.5) is 4.79 Å². The van der Waals surface area contributed by atoms with Crippen molar-refractivity contribution >= 4 is 6.03 Å². The average molecular weight is 303 g/mol. The first-order chi connectivity index (χ1) is 10.7. The van der Waals surface area contributed by atoms with Crippen LogP contribution in [0, 0.1) is 0 Å². The number of aliphatic hydroxyl groups excluding tert-OH is 1. The van der Waals surface area contributed by atoms with E-state index in [0.717, 1.165) is 30.8 Å². The Bertz CT molecular complexity index is 514. The van der Waals surface area contributed by atoms with Crippen molar-refractivity contribution in [3.05, 3.63) is 35.4 Å². The molecule has 0 radical (unpaired) electrons. The molecule has 3 N–H and O–H groups in total. The molecule has 2 unspecified atom stereocenters. The van der Waals surface area contributed by atoms with Gasteiger partial charge in [-0.05, 0) is 37.1 Å². The first-order valence-corrected chi connectivity index (χ1v) is 8.26. The molecule has 5 heteroatoms. The largest absolute Gasteiger partial charge is 0.390 e. The summed E-state index contributed by atoms with van der Waals surface area (Å²) in [4.78, 5) is 14.4. The summed E-state index contributed by atoms with van der Waals surface area (Å²) >= 11 is 0. The molecular formula is C17H25N3O2. The lowest BCUT2D eigenvalue weighted by atomic mass is 10.1. The van der Waals surface area contributed by atoms with Crippen LogP contribution in [0.1, 0.15) is 36.4 Å². The zero-order valence-electron chi connectivity index (χ0n) is 12.9. The third-order valence-electron chi connectivity index (χ3n) is 4.65. The molecule has 1 saturated heterocycles. The molecule has 1 fully saturated rings. The number of urea groups is 1. The molecule has 1 aromatic rings. The predicted molar refractivity (Wildman–Crippen MR) is 85.7 cm³/mol. The Balaban J connectivity index is 1.45. The van der Waals surface area contributed by atoms with Gasteiger partial charge in [-0.1, -0.05) is 30.7 Å². The number of hydrogen-bond donors (Lipinski definition) is 3. The third kappa shape index (κ3) is 3.59. The van der Waals surface area contributed by atoms with Crippen molar-refractivity contribution in [2.24, 2.45) is 0 Å². The number of aliphatic hydroxyl groups is 1. The van der Waals surface area contributed by atoms with Crippen LogP contribution in [0.3, 0.4) is 0 Å². The summed E-state index contributed by atoms with van der Waals surface area (Å²) in [6.45, 7) is 3.82. The average Bonchev–Trinajstić information content (AvgIpc) is 2.84. The molecule has 2 atom stereocenters. The van der Waals surface area contributed by atoms with Crippen LogP contribution >= 0.6 is 0 Å². The van der Waals surface area contributed by atoms with E-state index in [4.69, 9.17) is 0 Å². The summed E-state index contributed by atoms with van der Waals surface area (Å²) < 4.78 is 0. The van der Waals surface area contributed by atoms with Gasteiger partial charge in [-0.2, -0.15) is 0 Å². The number of rotatable bonds is 4. The van der Waals surface area contributed by atoms with Crippen LogP contribution in [0.2, 0.25) is 0 Å². The molecule has 2 aliphatic rings. The van der Waals surface area contributed by atoms with Crippen molar-refractivity contribution in [1.29, 1.82) is 0 Å². The lowest BCUT2D eigenvalue weighted by Crippen LogP contribution is -2.44. The van der Waals surface area contributed by atoms with Crippen molar-refractivity contribution in [2.45, 2.75) is 37.8 Å². The Morgan fingerprint density at radius 1 is 1.23 bits per heavy atom. The summed E-state index contributed by atoms with van der Waals surface area (Å²) in [5.41, 5.74) is 2.15. The highest BCUT2D eigenvalue weighted by Crippen LogP contribution is 2.30. The normalized spacial score (nSPS) is 24.8. The maximum Gasteiger partial charge on any atom is 0.315 e. The number of piperidine rings is 1. The minimum atomic E-state index is -0.537. The Labute approximate surface area is 131 Å². The van der Waals surface area contributed by atoms with Gasteiger partial charge in [0, 0.05) is 19.5 Å². The Morgan fingerprint density at radius 2 is 2.00 bits per heavy atom. The molecule has 5 nitrogen and oxygen atoms in total. The maximum atomic E-state index is 12.0. The molecule has 120 valence electrons. The van der Waals surface area contributed by atoms with E-state index >= 15 is 0 Å². The molecule has 1 aliphatic carbocycles. The zero-order valence-corrected chi connectivity index (χ0v) is 12.9. The lowest BCUT2D eigenvalue weighted by molar-refractivity contribution is 0.142. The van der Waals surface area contributed by atoms with Crippen LogP contribution in [-0.4, -0.2) is 48.3 Å². The standard InChI is InChI=1S/C17H25N3O2/c21-15-12-13-6-2-3-7-14(13)16(15)19-17(22)18-8-11-20-9-4-1-5-10-20/h2-3,6-7,15-16,21H,1,4-5,8-12H2,(H2,18,19,22). The van der Waals surface area contributed by atoms with E-state index in [1.165, 1.54) is 19.3 Å². The van der Waals surface area contributed by atoms with E-state index in [1.807, 2.05) is 24.3 Å². The molecule has 1 aromatic carbocycles. The van der Waals surface area contributed by atoms with Gasteiger partial charge in [0.1, 0.15) is 0 Å². The third-order valence-corrected chi connectivity index (χ3v) is 4.65. The summed E-state index contributed by atoms with van der Waals surface area (Å²) in [6.07, 6.45) is 3.91. The minimum absolute atomic E-state index is 0.197. The van der Waals surface area contributed by atoms with Gasteiger partial charge in [0.2, 0.25) is 0 Å². The van der Waals surface area contributed by atoms with Crippen LogP contribution in [-0.2, 0) is 6.42 Å². The van der Waals surface area contributed by atoms with Crippen LogP contribution < -0.4 is 10.6 Å². The number of benzene rings is 1. The van der Waals surface area contributed by atoms with E-state index in [-0.39, 0.29) is 12.1 Å². The number of nitrogens with one attached hydrogen (secondary N) is 2. The van der Waals surface area contributed by atoms with Crippen LogP contribution in [0.15, 0.2) is 24.3 Å². The van der Waals surface area contributed by atoms with Gasteiger partial charge in [0.25, 0.3) is 0 Å². The van der Waals surface area contributed by atoms with Crippen molar-refractivity contribution in [3.8, 4) is 0 Å². The SMILES string of the molecule is O=C(NCCN1CCCCC1)NC1c2ccccc2CC1O. The monoisotopic (exact) mass is 303 g/mol. The molecule has 0 spiro atoms. The van der Waals surface area contributed by atoms with E-state index in [9.17, 15) is 9.90 Å². The van der Waals surface area contributed by atoms with E-state index in [2.05, 4.69) is 15.5 Å². The van der Waals surface area contributed by atoms with Crippen molar-refractivity contribution in [1.82, 2.24) is 15.5 Å². The number of amides is 2. The van der Waals surface area contributed by atoms with Gasteiger partial charge < -0.3 is 20.6 Å². The lowest BCUT2D eigenvalue weighted by Gasteiger charge is -2.26. The highest BCUT2D eigenvalue weighted by molar-refractivity contribution is 5.74. The molecule has 1 heterocycles. The Hall–Kier alpha value is -1.59. The molecule has 0 bridgehead atoms. The number of fused-ring (bicyclic) bond motifs is 1. The highest BCUT2D eigenvalue weighted by Gasteiger charge is 2.31. The fourth-order valence-electron chi connectivity index (χ4n) is 3.45. The van der Waals surface area contributed by atoms with Gasteiger partial charge in [-0.15, -0.1) is 0 Å². The van der Waals surface area contributed by atoms with E-state index in [0.29, 0.717) is 13.0 Å². The molecular weight excluding hydrogens is 278 g/mol. The predicted octanol–water partition coefficient (Wildman–Crippen LogP) is 1.43. The fourth-order valence-corrected chi connectivity index (χ4v) is 3.45. The molecule has 0 aromatic heterocycles. The quantitative estimate of drug-likeness (QED) is 0.788. The topological polar surface area (TPSA) is 64.6 Å². The number of likely N-dealkylation sites (tertiary alicyclic amines) is 1. The summed E-state index contributed by atoms with van der Waals surface area (Å²) in [5, 5.41) is 15.9. The second-order valence-corrected chi connectivity index (χ2v) is 6.25. The number of carbonyl (C=O) groups is 1. The Kier molecular flexibility index (Phi) is 4.95. The van der Waals surface area contributed by atoms with Crippen molar-refractivity contribution < 1.29 is 9.90 Å². The summed E-state index contributed by atoms with van der Waals surface area (Å²) in [5.74, 6) is 0. The smallest absolute Gasteiger partial charge is 0.315 e. The Morgan fingerprint density at radius 3 is 2.82 bits per heavy atom. The van der Waals surface area contributed by atoms with Crippen molar-refractivity contribution in [2.75, 3.05) is 26.2 Å². The molecule has 2 amide bonds. The second-order valence-electron chi connectivity index (χ2n) is 6.25. The zero-order chi connectivity index (χ0) is 15.4. The number of carbonyl (C=O) groups excluding carboxylic acids is 1. The van der Waals surface area contributed by atoms with Crippen molar-refractivity contribution in [3.63, 3.8) is 0 Å². The molecule has 0 saturated carbocycles. The van der Waals surface area contributed by atoms with Gasteiger partial charge in [0.05, 0.1) is 12.1 Å². The first kappa shape index (κ1) is 15.3.